The Bertz CT molecular complexity index is 522. The SMILES string of the molecule is CC(C)(CNC(=O)OC(C)(C)C)NCc1ccc(C(C)(C)C)s1. The smallest absolute Gasteiger partial charge is 0.407 e. The van der Waals surface area contributed by atoms with Crippen LogP contribution in [0, 0.1) is 0 Å². The maximum absolute atomic E-state index is 11.7. The molecule has 4 nitrogen and oxygen atoms in total. The van der Waals surface area contributed by atoms with Gasteiger partial charge in [-0.15, -0.1) is 11.3 Å². The second kappa shape index (κ2) is 7.22. The van der Waals surface area contributed by atoms with Crippen molar-refractivity contribution in [3.8, 4) is 0 Å². The van der Waals surface area contributed by atoms with Crippen LogP contribution in [0.3, 0.4) is 0 Å². The second-order valence-electron chi connectivity index (χ2n) is 8.61. The molecule has 0 saturated carbocycles. The van der Waals surface area contributed by atoms with E-state index in [0.717, 1.165) is 6.54 Å². The van der Waals surface area contributed by atoms with E-state index in [1.807, 2.05) is 32.1 Å². The zero-order valence-electron chi connectivity index (χ0n) is 15.8. The predicted octanol–water partition coefficient (Wildman–Crippen LogP) is 4.44. The molecule has 1 amide bonds. The Labute approximate surface area is 145 Å². The van der Waals surface area contributed by atoms with E-state index in [9.17, 15) is 4.79 Å². The molecule has 0 aliphatic rings. The van der Waals surface area contributed by atoms with Gasteiger partial charge in [-0.2, -0.15) is 0 Å². The van der Waals surface area contributed by atoms with E-state index in [0.29, 0.717) is 6.54 Å². The van der Waals surface area contributed by atoms with E-state index >= 15 is 0 Å². The number of amides is 1. The summed E-state index contributed by atoms with van der Waals surface area (Å²) in [4.78, 5) is 14.4. The molecule has 0 aromatic carbocycles. The number of hydrogen-bond donors (Lipinski definition) is 2. The second-order valence-corrected chi connectivity index (χ2v) is 9.78. The molecule has 132 valence electrons. The van der Waals surface area contributed by atoms with E-state index < -0.39 is 5.60 Å². The lowest BCUT2D eigenvalue weighted by molar-refractivity contribution is 0.0513. The number of carbonyl (C=O) groups is 1. The van der Waals surface area contributed by atoms with Crippen molar-refractivity contribution in [1.29, 1.82) is 0 Å². The third kappa shape index (κ3) is 7.84. The first-order valence-corrected chi connectivity index (χ1v) is 8.91. The summed E-state index contributed by atoms with van der Waals surface area (Å²) in [6, 6.07) is 4.38. The van der Waals surface area contributed by atoms with Crippen LogP contribution < -0.4 is 10.6 Å². The quantitative estimate of drug-likeness (QED) is 0.833. The van der Waals surface area contributed by atoms with Crippen molar-refractivity contribution in [2.45, 2.75) is 78.5 Å². The van der Waals surface area contributed by atoms with Gasteiger partial charge < -0.3 is 15.4 Å². The maximum atomic E-state index is 11.7. The molecule has 1 aromatic heterocycles. The van der Waals surface area contributed by atoms with Crippen molar-refractivity contribution < 1.29 is 9.53 Å². The number of alkyl carbamates (subject to hydrolysis) is 1. The Hall–Kier alpha value is -1.07. The first kappa shape index (κ1) is 20.0. The summed E-state index contributed by atoms with van der Waals surface area (Å²) in [6.07, 6.45) is -0.376. The molecule has 0 aliphatic heterocycles. The van der Waals surface area contributed by atoms with Crippen molar-refractivity contribution >= 4 is 17.4 Å². The van der Waals surface area contributed by atoms with Gasteiger partial charge in [0.2, 0.25) is 0 Å². The van der Waals surface area contributed by atoms with Crippen molar-refractivity contribution in [3.63, 3.8) is 0 Å². The number of thiophene rings is 1. The topological polar surface area (TPSA) is 50.4 Å². The Morgan fingerprint density at radius 2 is 1.70 bits per heavy atom. The van der Waals surface area contributed by atoms with Crippen LogP contribution in [-0.4, -0.2) is 23.8 Å². The maximum Gasteiger partial charge on any atom is 0.407 e. The molecule has 0 radical (unpaired) electrons. The van der Waals surface area contributed by atoms with Gasteiger partial charge >= 0.3 is 6.09 Å². The summed E-state index contributed by atoms with van der Waals surface area (Å²) in [5.74, 6) is 0. The zero-order valence-corrected chi connectivity index (χ0v) is 16.6. The molecule has 0 saturated heterocycles. The molecule has 0 spiro atoms. The van der Waals surface area contributed by atoms with Crippen molar-refractivity contribution in [2.75, 3.05) is 6.54 Å². The summed E-state index contributed by atoms with van der Waals surface area (Å²) in [6.45, 7) is 17.7. The van der Waals surface area contributed by atoms with Crippen LogP contribution in [0.1, 0.15) is 65.1 Å². The molecule has 0 aliphatic carbocycles. The fraction of sp³-hybridized carbons (Fsp3) is 0.722. The minimum atomic E-state index is -0.470. The summed E-state index contributed by atoms with van der Waals surface area (Å²) in [5, 5.41) is 6.32. The normalized spacial score (nSPS) is 13.0. The van der Waals surface area contributed by atoms with Crippen LogP contribution in [0.2, 0.25) is 0 Å². The Morgan fingerprint density at radius 3 is 2.17 bits per heavy atom. The standard InChI is InChI=1S/C18H32N2O2S/c1-16(2,3)14-10-9-13(23-14)11-20-18(7,8)12-19-15(21)22-17(4,5)6/h9-10,20H,11-12H2,1-8H3,(H,19,21). The molecule has 1 aromatic rings. The van der Waals surface area contributed by atoms with Crippen molar-refractivity contribution in [1.82, 2.24) is 10.6 Å². The van der Waals surface area contributed by atoms with Gasteiger partial charge in [0.1, 0.15) is 5.60 Å². The van der Waals surface area contributed by atoms with Gasteiger partial charge in [-0.25, -0.2) is 4.79 Å². The van der Waals surface area contributed by atoms with E-state index in [2.05, 4.69) is 57.4 Å². The van der Waals surface area contributed by atoms with Crippen LogP contribution in [-0.2, 0) is 16.7 Å². The largest absolute Gasteiger partial charge is 0.444 e. The Balaban J connectivity index is 2.46. The van der Waals surface area contributed by atoms with Crippen LogP contribution >= 0.6 is 11.3 Å². The Morgan fingerprint density at radius 1 is 1.09 bits per heavy atom. The zero-order chi connectivity index (χ0) is 17.9. The summed E-state index contributed by atoms with van der Waals surface area (Å²) >= 11 is 1.84. The lowest BCUT2D eigenvalue weighted by Gasteiger charge is -2.27. The van der Waals surface area contributed by atoms with Gasteiger partial charge in [-0.3, -0.25) is 0 Å². The fourth-order valence-electron chi connectivity index (χ4n) is 1.87. The molecule has 0 unspecified atom stereocenters. The number of nitrogens with one attached hydrogen (secondary N) is 2. The van der Waals surface area contributed by atoms with Crippen LogP contribution in [0.15, 0.2) is 12.1 Å². The number of carbonyl (C=O) groups excluding carboxylic acids is 1. The van der Waals surface area contributed by atoms with Gasteiger partial charge in [0.15, 0.2) is 0 Å². The van der Waals surface area contributed by atoms with Crippen LogP contribution in [0.5, 0.6) is 0 Å². The molecule has 23 heavy (non-hydrogen) atoms. The number of ether oxygens (including phenoxy) is 1. The lowest BCUT2D eigenvalue weighted by atomic mass is 9.95. The summed E-state index contributed by atoms with van der Waals surface area (Å²) < 4.78 is 5.26. The molecule has 0 bridgehead atoms. The van der Waals surface area contributed by atoms with Crippen molar-refractivity contribution in [2.24, 2.45) is 0 Å². The predicted molar refractivity (Wildman–Crippen MR) is 98.2 cm³/mol. The minimum absolute atomic E-state index is 0.191. The van der Waals surface area contributed by atoms with Gasteiger partial charge in [-0.1, -0.05) is 20.8 Å². The first-order chi connectivity index (χ1) is 10.3. The fourth-order valence-corrected chi connectivity index (χ4v) is 2.88. The van der Waals surface area contributed by atoms with Gasteiger partial charge in [0.25, 0.3) is 0 Å². The third-order valence-corrected chi connectivity index (χ3v) is 4.73. The molecule has 0 atom stereocenters. The van der Waals surface area contributed by atoms with Crippen molar-refractivity contribution in [3.05, 3.63) is 21.9 Å². The monoisotopic (exact) mass is 340 g/mol. The molecule has 2 N–H and O–H groups in total. The number of rotatable bonds is 5. The highest BCUT2D eigenvalue weighted by Gasteiger charge is 2.22. The van der Waals surface area contributed by atoms with Crippen LogP contribution in [0.4, 0.5) is 4.79 Å². The van der Waals surface area contributed by atoms with Gasteiger partial charge in [-0.05, 0) is 52.2 Å². The molecule has 5 heteroatoms. The lowest BCUT2D eigenvalue weighted by Crippen LogP contribution is -2.49. The van der Waals surface area contributed by atoms with E-state index in [1.54, 1.807) is 0 Å². The van der Waals surface area contributed by atoms with Gasteiger partial charge in [0.05, 0.1) is 0 Å². The van der Waals surface area contributed by atoms with Crippen LogP contribution in [0.25, 0.3) is 0 Å². The van der Waals surface area contributed by atoms with E-state index in [1.165, 1.54) is 9.75 Å². The average molecular weight is 341 g/mol. The van der Waals surface area contributed by atoms with E-state index in [-0.39, 0.29) is 17.0 Å². The first-order valence-electron chi connectivity index (χ1n) is 8.10. The van der Waals surface area contributed by atoms with E-state index in [4.69, 9.17) is 4.74 Å². The Kier molecular flexibility index (Phi) is 6.27. The highest BCUT2D eigenvalue weighted by molar-refractivity contribution is 7.12. The average Bonchev–Trinajstić information content (AvgIpc) is 2.81. The molecule has 1 rings (SSSR count). The van der Waals surface area contributed by atoms with Gasteiger partial charge in [0, 0.05) is 28.4 Å². The highest BCUT2D eigenvalue weighted by Crippen LogP contribution is 2.29. The third-order valence-electron chi connectivity index (χ3n) is 3.22. The summed E-state index contributed by atoms with van der Waals surface area (Å²) in [7, 11) is 0. The molecular formula is C18H32N2O2S. The molecule has 1 heterocycles. The molecule has 0 fully saturated rings. The minimum Gasteiger partial charge on any atom is -0.444 e. The molecular weight excluding hydrogens is 308 g/mol. The highest BCUT2D eigenvalue weighted by atomic mass is 32.1. The summed E-state index contributed by atoms with van der Waals surface area (Å²) in [5.41, 5.74) is -0.485. The number of hydrogen-bond acceptors (Lipinski definition) is 4.